The van der Waals surface area contributed by atoms with E-state index in [0.29, 0.717) is 11.0 Å². The van der Waals surface area contributed by atoms with Crippen LogP contribution in [-0.2, 0) is 29.2 Å². The van der Waals surface area contributed by atoms with Crippen LogP contribution in [0, 0.1) is 5.92 Å². The molecule has 0 aliphatic carbocycles. The minimum atomic E-state index is -1.04. The highest BCUT2D eigenvalue weighted by molar-refractivity contribution is 9.08. The Morgan fingerprint density at radius 3 is 1.89 bits per heavy atom. The Labute approximate surface area is 222 Å². The van der Waals surface area contributed by atoms with Crippen molar-refractivity contribution < 1.29 is 28.7 Å². The number of halogens is 1. The van der Waals surface area contributed by atoms with Crippen molar-refractivity contribution in [2.75, 3.05) is 5.32 Å². The van der Waals surface area contributed by atoms with E-state index in [-0.39, 0.29) is 18.8 Å². The monoisotopic (exact) mass is 569 g/mol. The second kappa shape index (κ2) is 13.6. The molecule has 0 unspecified atom stereocenters. The molecule has 1 rings (SSSR count). The van der Waals surface area contributed by atoms with Crippen LogP contribution in [0.1, 0.15) is 73.8 Å². The Balaban J connectivity index is 3.02. The first-order valence-corrected chi connectivity index (χ1v) is 13.1. The third-order valence-corrected chi connectivity index (χ3v) is 5.33. The summed E-state index contributed by atoms with van der Waals surface area (Å²) in [5.41, 5.74) is 0.182. The zero-order chi connectivity index (χ0) is 27.7. The van der Waals surface area contributed by atoms with Crippen molar-refractivity contribution in [3.63, 3.8) is 0 Å². The molecule has 202 valence electrons. The van der Waals surface area contributed by atoms with E-state index in [1.54, 1.807) is 67.5 Å². The minimum Gasteiger partial charge on any atom is -0.460 e. The van der Waals surface area contributed by atoms with Gasteiger partial charge in [0.15, 0.2) is 0 Å². The van der Waals surface area contributed by atoms with Gasteiger partial charge in [-0.25, -0.2) is 4.79 Å². The number of carbonyl (C=O) groups excluding carboxylic acids is 4. The molecule has 10 heteroatoms. The molecule has 2 atom stereocenters. The van der Waals surface area contributed by atoms with Crippen LogP contribution in [0.2, 0.25) is 0 Å². The van der Waals surface area contributed by atoms with Crippen molar-refractivity contribution in [3.8, 4) is 0 Å². The molecule has 0 aromatic heterocycles. The second-order valence-corrected chi connectivity index (χ2v) is 11.4. The number of nitrogens with one attached hydrogen (secondary N) is 3. The molecule has 3 amide bonds. The van der Waals surface area contributed by atoms with E-state index in [1.807, 2.05) is 12.1 Å². The number of anilines is 1. The van der Waals surface area contributed by atoms with E-state index in [1.165, 1.54) is 0 Å². The smallest absolute Gasteiger partial charge is 0.408 e. The average molecular weight is 571 g/mol. The van der Waals surface area contributed by atoms with Crippen molar-refractivity contribution in [2.24, 2.45) is 5.92 Å². The summed E-state index contributed by atoms with van der Waals surface area (Å²) in [7, 11) is 0. The molecule has 36 heavy (non-hydrogen) atoms. The third-order valence-electron chi connectivity index (χ3n) is 4.69. The van der Waals surface area contributed by atoms with Crippen LogP contribution < -0.4 is 16.0 Å². The number of hydrogen-bond acceptors (Lipinski definition) is 6. The van der Waals surface area contributed by atoms with Gasteiger partial charge in [-0.05, 0) is 71.6 Å². The molecule has 0 radical (unpaired) electrons. The van der Waals surface area contributed by atoms with Gasteiger partial charge in [-0.3, -0.25) is 14.4 Å². The van der Waals surface area contributed by atoms with Gasteiger partial charge >= 0.3 is 12.1 Å². The van der Waals surface area contributed by atoms with Crippen LogP contribution in [0.15, 0.2) is 24.3 Å². The zero-order valence-electron chi connectivity index (χ0n) is 22.5. The van der Waals surface area contributed by atoms with Crippen molar-refractivity contribution in [1.29, 1.82) is 0 Å². The summed E-state index contributed by atoms with van der Waals surface area (Å²) in [6.07, 6.45) is -0.800. The summed E-state index contributed by atoms with van der Waals surface area (Å²) in [6, 6.07) is 5.23. The lowest BCUT2D eigenvalue weighted by Crippen LogP contribution is -2.55. The first kappa shape index (κ1) is 31.4. The number of carbonyl (C=O) groups is 4. The fourth-order valence-electron chi connectivity index (χ4n) is 3.06. The number of hydrogen-bond donors (Lipinski definition) is 3. The summed E-state index contributed by atoms with van der Waals surface area (Å²) in [4.78, 5) is 50.8. The molecule has 0 aliphatic heterocycles. The van der Waals surface area contributed by atoms with Gasteiger partial charge in [-0.2, -0.15) is 0 Å². The summed E-state index contributed by atoms with van der Waals surface area (Å²) in [5, 5.41) is 8.72. The van der Waals surface area contributed by atoms with E-state index in [4.69, 9.17) is 9.47 Å². The normalized spacial score (nSPS) is 13.4. The highest BCUT2D eigenvalue weighted by Crippen LogP contribution is 2.15. The van der Waals surface area contributed by atoms with Crippen molar-refractivity contribution in [2.45, 2.75) is 96.8 Å². The van der Waals surface area contributed by atoms with E-state index in [2.05, 4.69) is 31.9 Å². The highest BCUT2D eigenvalue weighted by Gasteiger charge is 2.31. The van der Waals surface area contributed by atoms with Gasteiger partial charge in [0.05, 0.1) is 0 Å². The molecule has 0 fully saturated rings. The topological polar surface area (TPSA) is 123 Å². The number of alkyl halides is 1. The molecule has 0 aliphatic rings. The lowest BCUT2D eigenvalue weighted by molar-refractivity contribution is -0.155. The first-order valence-electron chi connectivity index (χ1n) is 12.0. The van der Waals surface area contributed by atoms with Crippen LogP contribution in [0.25, 0.3) is 0 Å². The van der Waals surface area contributed by atoms with Crippen LogP contribution in [0.3, 0.4) is 0 Å². The average Bonchev–Trinajstić information content (AvgIpc) is 2.72. The van der Waals surface area contributed by atoms with Crippen molar-refractivity contribution in [3.05, 3.63) is 29.8 Å². The van der Waals surface area contributed by atoms with Gasteiger partial charge in [0.25, 0.3) is 0 Å². The van der Waals surface area contributed by atoms with Crippen molar-refractivity contribution in [1.82, 2.24) is 10.6 Å². The number of benzene rings is 1. The van der Waals surface area contributed by atoms with Gasteiger partial charge < -0.3 is 25.4 Å². The fourth-order valence-corrected chi connectivity index (χ4v) is 3.43. The van der Waals surface area contributed by atoms with Gasteiger partial charge in [-0.1, -0.05) is 41.9 Å². The Hall–Kier alpha value is -2.62. The first-order chi connectivity index (χ1) is 16.5. The molecule has 0 saturated carbocycles. The van der Waals surface area contributed by atoms with Crippen LogP contribution >= 0.6 is 15.9 Å². The summed E-state index contributed by atoms with van der Waals surface area (Å²) < 4.78 is 10.6. The molecular formula is C26H40BrN3O6. The molecule has 9 nitrogen and oxygen atoms in total. The molecule has 3 N–H and O–H groups in total. The predicted octanol–water partition coefficient (Wildman–Crippen LogP) is 4.68. The molecule has 0 spiro atoms. The number of alkyl carbamates (subject to hydrolysis) is 1. The standard InChI is InChI=1S/C26H40BrN3O6/c1-16(2)21(30-24(34)36-26(6,7)8)23(33)29-19(13-14-20(31)35-25(3,4)5)22(32)28-18-11-9-17(15-27)10-12-18/h9-12,16,19,21H,13-15H2,1-8H3,(H,28,32)(H,29,33)(H,30,34)/t19-,21-/m0/s1. The summed E-state index contributed by atoms with van der Waals surface area (Å²) in [5.74, 6) is -1.82. The SMILES string of the molecule is CC(C)[C@H](NC(=O)OC(C)(C)C)C(=O)N[C@@H](CCC(=O)OC(C)(C)C)C(=O)Nc1ccc(CBr)cc1. The highest BCUT2D eigenvalue weighted by atomic mass is 79.9. The quantitative estimate of drug-likeness (QED) is 0.278. The lowest BCUT2D eigenvalue weighted by Gasteiger charge is -2.27. The maximum atomic E-state index is 13.1. The number of amides is 3. The maximum absolute atomic E-state index is 13.1. The third kappa shape index (κ3) is 12.4. The molecule has 1 aromatic carbocycles. The molecule has 1 aromatic rings. The molecular weight excluding hydrogens is 530 g/mol. The van der Waals surface area contributed by atoms with Gasteiger partial charge in [0.2, 0.25) is 11.8 Å². The van der Waals surface area contributed by atoms with E-state index < -0.39 is 47.2 Å². The van der Waals surface area contributed by atoms with Crippen molar-refractivity contribution >= 4 is 45.5 Å². The molecule has 0 bridgehead atoms. The number of rotatable bonds is 10. The Kier molecular flexibility index (Phi) is 11.9. The summed E-state index contributed by atoms with van der Waals surface area (Å²) in [6.45, 7) is 14.0. The Morgan fingerprint density at radius 2 is 1.42 bits per heavy atom. The molecule has 0 saturated heterocycles. The van der Waals surface area contributed by atoms with E-state index in [0.717, 1.165) is 5.56 Å². The van der Waals surface area contributed by atoms with Gasteiger partial charge in [0.1, 0.15) is 23.3 Å². The largest absolute Gasteiger partial charge is 0.460 e. The van der Waals surface area contributed by atoms with Crippen LogP contribution in [0.5, 0.6) is 0 Å². The zero-order valence-corrected chi connectivity index (χ0v) is 24.1. The van der Waals surface area contributed by atoms with Crippen LogP contribution in [-0.4, -0.2) is 47.2 Å². The minimum absolute atomic E-state index is 0.0171. The maximum Gasteiger partial charge on any atom is 0.408 e. The Morgan fingerprint density at radius 1 is 0.861 bits per heavy atom. The van der Waals surface area contributed by atoms with Gasteiger partial charge in [0, 0.05) is 17.4 Å². The second-order valence-electron chi connectivity index (χ2n) is 10.9. The number of esters is 1. The van der Waals surface area contributed by atoms with Crippen LogP contribution in [0.4, 0.5) is 10.5 Å². The van der Waals surface area contributed by atoms with Gasteiger partial charge in [-0.15, -0.1) is 0 Å². The summed E-state index contributed by atoms with van der Waals surface area (Å²) >= 11 is 3.38. The fraction of sp³-hybridized carbons (Fsp3) is 0.615. The lowest BCUT2D eigenvalue weighted by atomic mass is 10.0. The predicted molar refractivity (Wildman–Crippen MR) is 143 cm³/mol. The molecule has 0 heterocycles. The van der Waals surface area contributed by atoms with E-state index in [9.17, 15) is 19.2 Å². The Bertz CT molecular complexity index is 904. The number of ether oxygens (including phenoxy) is 2. The van der Waals surface area contributed by atoms with E-state index >= 15 is 0 Å².